The standard InChI is InChI=1S/C14H27NOS/c1-14(2)10-6-9-12(13(14)15)17(16)11-7-4-3-5-8-11/h11-13H,3-10,15H2,1-2H3. The quantitative estimate of drug-likeness (QED) is 0.826. The molecule has 100 valence electrons. The van der Waals surface area contributed by atoms with Crippen LogP contribution in [0.5, 0.6) is 0 Å². The van der Waals surface area contributed by atoms with Crippen LogP contribution in [0.3, 0.4) is 0 Å². The zero-order chi connectivity index (χ0) is 12.5. The highest BCUT2D eigenvalue weighted by Gasteiger charge is 2.41. The SMILES string of the molecule is CC1(C)CCCC(S(=O)C2CCCCC2)C1N. The Morgan fingerprint density at radius 1 is 1.06 bits per heavy atom. The Kier molecular flexibility index (Phi) is 4.30. The van der Waals surface area contributed by atoms with Crippen molar-refractivity contribution in [2.75, 3.05) is 0 Å². The monoisotopic (exact) mass is 257 g/mol. The summed E-state index contributed by atoms with van der Waals surface area (Å²) in [6.45, 7) is 4.48. The van der Waals surface area contributed by atoms with Gasteiger partial charge in [0.2, 0.25) is 0 Å². The molecule has 0 aromatic rings. The highest BCUT2D eigenvalue weighted by molar-refractivity contribution is 7.86. The van der Waals surface area contributed by atoms with Gasteiger partial charge in [0.1, 0.15) is 0 Å². The maximum absolute atomic E-state index is 12.7. The first-order valence-electron chi connectivity index (χ1n) is 7.17. The predicted molar refractivity (Wildman–Crippen MR) is 74.4 cm³/mol. The summed E-state index contributed by atoms with van der Waals surface area (Å²) in [7, 11) is -0.695. The van der Waals surface area contributed by atoms with Crippen LogP contribution in [-0.4, -0.2) is 20.8 Å². The molecule has 3 heteroatoms. The van der Waals surface area contributed by atoms with Crippen molar-refractivity contribution in [3.05, 3.63) is 0 Å². The third-order valence-electron chi connectivity index (χ3n) is 4.79. The van der Waals surface area contributed by atoms with Crippen LogP contribution in [0.25, 0.3) is 0 Å². The molecule has 0 aromatic heterocycles. The molecule has 2 saturated carbocycles. The van der Waals surface area contributed by atoms with Gasteiger partial charge in [0.15, 0.2) is 0 Å². The van der Waals surface area contributed by atoms with Gasteiger partial charge in [-0.25, -0.2) is 0 Å². The number of nitrogens with two attached hydrogens (primary N) is 1. The van der Waals surface area contributed by atoms with E-state index >= 15 is 0 Å². The third-order valence-corrected chi connectivity index (χ3v) is 7.05. The van der Waals surface area contributed by atoms with Gasteiger partial charge in [-0.3, -0.25) is 4.21 Å². The molecule has 0 bridgehead atoms. The van der Waals surface area contributed by atoms with Crippen molar-refractivity contribution < 1.29 is 4.21 Å². The minimum absolute atomic E-state index is 0.124. The molecule has 2 N–H and O–H groups in total. The Labute approximate surface area is 108 Å². The van der Waals surface area contributed by atoms with Crippen molar-refractivity contribution >= 4 is 10.8 Å². The Morgan fingerprint density at radius 3 is 2.35 bits per heavy atom. The van der Waals surface area contributed by atoms with E-state index in [9.17, 15) is 4.21 Å². The summed E-state index contributed by atoms with van der Waals surface area (Å²) in [5.74, 6) is 0. The van der Waals surface area contributed by atoms with Crippen molar-refractivity contribution in [2.24, 2.45) is 11.1 Å². The van der Waals surface area contributed by atoms with Gasteiger partial charge in [-0.05, 0) is 31.1 Å². The summed E-state index contributed by atoms with van der Waals surface area (Å²) in [6.07, 6.45) is 9.65. The van der Waals surface area contributed by atoms with Gasteiger partial charge in [0, 0.05) is 22.1 Å². The molecule has 0 radical (unpaired) electrons. The predicted octanol–water partition coefficient (Wildman–Crippen LogP) is 2.97. The van der Waals surface area contributed by atoms with Crippen LogP contribution in [0.4, 0.5) is 0 Å². The lowest BCUT2D eigenvalue weighted by atomic mass is 9.73. The van der Waals surface area contributed by atoms with Gasteiger partial charge in [0.25, 0.3) is 0 Å². The first-order valence-corrected chi connectivity index (χ1v) is 8.45. The first-order chi connectivity index (χ1) is 8.02. The van der Waals surface area contributed by atoms with E-state index < -0.39 is 10.8 Å². The smallest absolute Gasteiger partial charge is 0.0507 e. The van der Waals surface area contributed by atoms with Crippen LogP contribution in [-0.2, 0) is 10.8 Å². The molecule has 17 heavy (non-hydrogen) atoms. The molecule has 0 aromatic carbocycles. The van der Waals surface area contributed by atoms with E-state index in [2.05, 4.69) is 13.8 Å². The maximum atomic E-state index is 12.7. The van der Waals surface area contributed by atoms with Crippen molar-refractivity contribution in [3.63, 3.8) is 0 Å². The second kappa shape index (κ2) is 5.40. The van der Waals surface area contributed by atoms with E-state index in [1.165, 1.54) is 32.1 Å². The number of hydrogen-bond acceptors (Lipinski definition) is 2. The molecule has 3 atom stereocenters. The zero-order valence-corrected chi connectivity index (χ0v) is 12.1. The van der Waals surface area contributed by atoms with Crippen LogP contribution in [0, 0.1) is 5.41 Å². The van der Waals surface area contributed by atoms with Gasteiger partial charge >= 0.3 is 0 Å². The molecule has 0 saturated heterocycles. The minimum Gasteiger partial charge on any atom is -0.326 e. The lowest BCUT2D eigenvalue weighted by Gasteiger charge is -2.42. The fraction of sp³-hybridized carbons (Fsp3) is 1.00. The van der Waals surface area contributed by atoms with Crippen LogP contribution >= 0.6 is 0 Å². The van der Waals surface area contributed by atoms with E-state index in [1.54, 1.807) is 0 Å². The lowest BCUT2D eigenvalue weighted by Crippen LogP contribution is -2.52. The fourth-order valence-electron chi connectivity index (χ4n) is 3.41. The van der Waals surface area contributed by atoms with Crippen molar-refractivity contribution in [2.45, 2.75) is 81.8 Å². The average Bonchev–Trinajstić information content (AvgIpc) is 2.33. The molecule has 0 amide bonds. The summed E-state index contributed by atoms with van der Waals surface area (Å²) in [5, 5.41) is 0.690. The summed E-state index contributed by atoms with van der Waals surface area (Å²) in [6, 6.07) is 0.124. The van der Waals surface area contributed by atoms with Gasteiger partial charge < -0.3 is 5.73 Å². The zero-order valence-electron chi connectivity index (χ0n) is 11.3. The Bertz CT molecular complexity index is 284. The van der Waals surface area contributed by atoms with E-state index in [0.29, 0.717) is 5.25 Å². The Balaban J connectivity index is 2.02. The van der Waals surface area contributed by atoms with E-state index in [4.69, 9.17) is 5.73 Å². The largest absolute Gasteiger partial charge is 0.326 e. The van der Waals surface area contributed by atoms with Crippen LogP contribution in [0.1, 0.15) is 65.2 Å². The van der Waals surface area contributed by atoms with Gasteiger partial charge in [-0.15, -0.1) is 0 Å². The normalized spacial score (nSPS) is 36.6. The summed E-state index contributed by atoms with van der Waals surface area (Å²) >= 11 is 0. The molecule has 2 aliphatic carbocycles. The highest BCUT2D eigenvalue weighted by atomic mass is 32.2. The molecule has 0 aliphatic heterocycles. The van der Waals surface area contributed by atoms with Gasteiger partial charge in [-0.2, -0.15) is 0 Å². The fourth-order valence-corrected chi connectivity index (χ4v) is 5.76. The van der Waals surface area contributed by atoms with E-state index in [-0.39, 0.29) is 16.7 Å². The minimum atomic E-state index is -0.695. The van der Waals surface area contributed by atoms with Crippen LogP contribution in [0.2, 0.25) is 0 Å². The Hall–Kier alpha value is 0.110. The molecule has 3 unspecified atom stereocenters. The lowest BCUT2D eigenvalue weighted by molar-refractivity contribution is 0.206. The van der Waals surface area contributed by atoms with E-state index in [0.717, 1.165) is 19.3 Å². The second-order valence-electron chi connectivity index (χ2n) is 6.53. The third kappa shape index (κ3) is 2.93. The molecule has 0 heterocycles. The molecule has 2 nitrogen and oxygen atoms in total. The van der Waals surface area contributed by atoms with Crippen LogP contribution < -0.4 is 5.73 Å². The molecular formula is C14H27NOS. The molecule has 2 rings (SSSR count). The summed E-state index contributed by atoms with van der Waals surface area (Å²) in [5.41, 5.74) is 6.55. The average molecular weight is 257 g/mol. The van der Waals surface area contributed by atoms with E-state index in [1.807, 2.05) is 0 Å². The highest BCUT2D eigenvalue weighted by Crippen LogP contribution is 2.38. The molecule has 0 spiro atoms. The van der Waals surface area contributed by atoms with Crippen molar-refractivity contribution in [1.82, 2.24) is 0 Å². The molecule has 2 aliphatic rings. The van der Waals surface area contributed by atoms with Crippen LogP contribution in [0.15, 0.2) is 0 Å². The van der Waals surface area contributed by atoms with Gasteiger partial charge in [-0.1, -0.05) is 39.5 Å². The first kappa shape index (κ1) is 13.5. The summed E-state index contributed by atoms with van der Waals surface area (Å²) in [4.78, 5) is 0. The topological polar surface area (TPSA) is 43.1 Å². The summed E-state index contributed by atoms with van der Waals surface area (Å²) < 4.78 is 12.7. The second-order valence-corrected chi connectivity index (χ2v) is 8.46. The van der Waals surface area contributed by atoms with Gasteiger partial charge in [0.05, 0.1) is 5.25 Å². The molecule has 2 fully saturated rings. The maximum Gasteiger partial charge on any atom is 0.0507 e. The number of hydrogen-bond donors (Lipinski definition) is 1. The number of rotatable bonds is 2. The molecular weight excluding hydrogens is 230 g/mol. The Morgan fingerprint density at radius 2 is 1.71 bits per heavy atom. The van der Waals surface area contributed by atoms with Crippen molar-refractivity contribution in [1.29, 1.82) is 0 Å². The van der Waals surface area contributed by atoms with Crippen molar-refractivity contribution in [3.8, 4) is 0 Å².